The zero-order valence-electron chi connectivity index (χ0n) is 8.79. The average Bonchev–Trinajstić information content (AvgIpc) is 2.55. The van der Waals surface area contributed by atoms with Crippen molar-refractivity contribution >= 4 is 0 Å². The summed E-state index contributed by atoms with van der Waals surface area (Å²) < 4.78 is 27.1. The van der Waals surface area contributed by atoms with E-state index in [1.807, 2.05) is 23.9 Å². The highest BCUT2D eigenvalue weighted by Gasteiger charge is 2.43. The topological polar surface area (TPSA) is 6.48 Å². The Labute approximate surface area is 83.9 Å². The van der Waals surface area contributed by atoms with E-state index >= 15 is 0 Å². The van der Waals surface area contributed by atoms with Crippen LogP contribution in [-0.4, -0.2) is 62.4 Å². The van der Waals surface area contributed by atoms with Crippen LogP contribution in [0.15, 0.2) is 0 Å². The SMILES string of the molecule is CN1CC(F)C(C2CN(C)C[C@@H]2F)C1. The maximum atomic E-state index is 13.6. The van der Waals surface area contributed by atoms with Gasteiger partial charge in [-0.25, -0.2) is 8.78 Å². The van der Waals surface area contributed by atoms with Gasteiger partial charge in [-0.05, 0) is 14.1 Å². The van der Waals surface area contributed by atoms with E-state index in [1.165, 1.54) is 0 Å². The van der Waals surface area contributed by atoms with Gasteiger partial charge in [0.2, 0.25) is 0 Å². The van der Waals surface area contributed by atoms with Gasteiger partial charge in [-0.2, -0.15) is 0 Å². The minimum Gasteiger partial charge on any atom is -0.303 e. The van der Waals surface area contributed by atoms with Gasteiger partial charge < -0.3 is 9.80 Å². The van der Waals surface area contributed by atoms with E-state index in [0.717, 1.165) is 0 Å². The van der Waals surface area contributed by atoms with Crippen LogP contribution in [0.1, 0.15) is 0 Å². The molecular formula is C10H18F2N2. The van der Waals surface area contributed by atoms with Crippen LogP contribution in [-0.2, 0) is 0 Å². The molecule has 0 aliphatic carbocycles. The molecule has 2 rings (SSSR count). The minimum atomic E-state index is -0.838. The molecular weight excluding hydrogens is 186 g/mol. The summed E-state index contributed by atoms with van der Waals surface area (Å²) in [5, 5.41) is 0. The number of rotatable bonds is 1. The van der Waals surface area contributed by atoms with Crippen molar-refractivity contribution in [2.75, 3.05) is 40.3 Å². The van der Waals surface area contributed by atoms with E-state index in [1.54, 1.807) is 0 Å². The van der Waals surface area contributed by atoms with Crippen LogP contribution in [0.4, 0.5) is 8.78 Å². The van der Waals surface area contributed by atoms with Crippen LogP contribution >= 0.6 is 0 Å². The first-order valence-corrected chi connectivity index (χ1v) is 5.23. The highest BCUT2D eigenvalue weighted by atomic mass is 19.1. The third kappa shape index (κ3) is 1.77. The number of hydrogen-bond donors (Lipinski definition) is 0. The van der Waals surface area contributed by atoms with E-state index in [4.69, 9.17) is 0 Å². The van der Waals surface area contributed by atoms with Crippen molar-refractivity contribution in [2.45, 2.75) is 12.3 Å². The van der Waals surface area contributed by atoms with Crippen LogP contribution in [0.3, 0.4) is 0 Å². The quantitative estimate of drug-likeness (QED) is 0.623. The van der Waals surface area contributed by atoms with Crippen molar-refractivity contribution < 1.29 is 8.78 Å². The van der Waals surface area contributed by atoms with E-state index in [9.17, 15) is 8.78 Å². The zero-order valence-corrected chi connectivity index (χ0v) is 8.79. The first-order valence-electron chi connectivity index (χ1n) is 5.23. The lowest BCUT2D eigenvalue weighted by Crippen LogP contribution is -2.30. The van der Waals surface area contributed by atoms with E-state index in [0.29, 0.717) is 26.2 Å². The summed E-state index contributed by atoms with van der Waals surface area (Å²) in [7, 11) is 3.80. The molecule has 0 bridgehead atoms. The fourth-order valence-corrected chi connectivity index (χ4v) is 2.77. The lowest BCUT2D eigenvalue weighted by Gasteiger charge is -2.21. The first kappa shape index (κ1) is 10.3. The van der Waals surface area contributed by atoms with Gasteiger partial charge in [0.1, 0.15) is 12.3 Å². The van der Waals surface area contributed by atoms with Gasteiger partial charge in [-0.1, -0.05) is 0 Å². The third-order valence-corrected chi connectivity index (χ3v) is 3.50. The van der Waals surface area contributed by atoms with Crippen LogP contribution in [0.25, 0.3) is 0 Å². The van der Waals surface area contributed by atoms with Gasteiger partial charge in [0.25, 0.3) is 0 Å². The van der Waals surface area contributed by atoms with Gasteiger partial charge >= 0.3 is 0 Å². The van der Waals surface area contributed by atoms with Crippen LogP contribution in [0.5, 0.6) is 0 Å². The molecule has 2 saturated heterocycles. The lowest BCUT2D eigenvalue weighted by molar-refractivity contribution is 0.160. The summed E-state index contributed by atoms with van der Waals surface area (Å²) >= 11 is 0. The number of nitrogens with zero attached hydrogens (tertiary/aromatic N) is 2. The Balaban J connectivity index is 2.01. The molecule has 0 aromatic carbocycles. The van der Waals surface area contributed by atoms with Crippen molar-refractivity contribution in [1.29, 1.82) is 0 Å². The average molecular weight is 204 g/mol. The predicted molar refractivity (Wildman–Crippen MR) is 51.8 cm³/mol. The molecule has 0 saturated carbocycles. The molecule has 2 aliphatic rings. The summed E-state index contributed by atoms with van der Waals surface area (Å²) in [5.41, 5.74) is 0. The zero-order chi connectivity index (χ0) is 10.3. The van der Waals surface area contributed by atoms with Crippen molar-refractivity contribution in [2.24, 2.45) is 11.8 Å². The van der Waals surface area contributed by atoms with Crippen LogP contribution in [0, 0.1) is 11.8 Å². The Morgan fingerprint density at radius 2 is 1.14 bits per heavy atom. The molecule has 14 heavy (non-hydrogen) atoms. The third-order valence-electron chi connectivity index (χ3n) is 3.50. The molecule has 0 aromatic heterocycles. The van der Waals surface area contributed by atoms with E-state index in [-0.39, 0.29) is 11.8 Å². The molecule has 0 aromatic rings. The fourth-order valence-electron chi connectivity index (χ4n) is 2.77. The Morgan fingerprint density at radius 1 is 0.786 bits per heavy atom. The molecule has 0 amide bonds. The van der Waals surface area contributed by atoms with E-state index < -0.39 is 12.3 Å². The molecule has 2 aliphatic heterocycles. The second-order valence-electron chi connectivity index (χ2n) is 4.80. The maximum absolute atomic E-state index is 13.6. The minimum absolute atomic E-state index is 0.0973. The van der Waals surface area contributed by atoms with Gasteiger partial charge in [0.05, 0.1) is 0 Å². The van der Waals surface area contributed by atoms with Crippen LogP contribution < -0.4 is 0 Å². The molecule has 4 heteroatoms. The van der Waals surface area contributed by atoms with Crippen molar-refractivity contribution in [3.05, 3.63) is 0 Å². The number of halogens is 2. The van der Waals surface area contributed by atoms with Gasteiger partial charge in [-0.3, -0.25) is 0 Å². The highest BCUT2D eigenvalue weighted by Crippen LogP contribution is 2.33. The summed E-state index contributed by atoms with van der Waals surface area (Å²) in [6, 6.07) is 0. The second-order valence-corrected chi connectivity index (χ2v) is 4.80. The first-order chi connectivity index (χ1) is 6.58. The molecule has 0 N–H and O–H groups in total. The number of alkyl halides is 2. The van der Waals surface area contributed by atoms with Crippen LogP contribution in [0.2, 0.25) is 0 Å². The Morgan fingerprint density at radius 3 is 1.36 bits per heavy atom. The van der Waals surface area contributed by atoms with E-state index in [2.05, 4.69) is 0 Å². The monoisotopic (exact) mass is 204 g/mol. The normalized spacial score (nSPS) is 46.3. The molecule has 2 heterocycles. The molecule has 3 unspecified atom stereocenters. The maximum Gasteiger partial charge on any atom is 0.117 e. The largest absolute Gasteiger partial charge is 0.303 e. The summed E-state index contributed by atoms with van der Waals surface area (Å²) in [4.78, 5) is 3.92. The van der Waals surface area contributed by atoms with Gasteiger partial charge in [0.15, 0.2) is 0 Å². The summed E-state index contributed by atoms with van der Waals surface area (Å²) in [6.07, 6.45) is -1.68. The standard InChI is InChI=1S/C10H18F2N2/c1-13-3-7(9(11)5-13)8-4-14(2)6-10(8)12/h7-10H,3-6H2,1-2H3/t7?,8?,9-,10?/m0/s1. The van der Waals surface area contributed by atoms with Crippen molar-refractivity contribution in [3.63, 3.8) is 0 Å². The number of likely N-dealkylation sites (tertiary alicyclic amines) is 2. The second kappa shape index (κ2) is 3.74. The van der Waals surface area contributed by atoms with Crippen molar-refractivity contribution in [1.82, 2.24) is 9.80 Å². The smallest absolute Gasteiger partial charge is 0.117 e. The number of hydrogen-bond acceptors (Lipinski definition) is 2. The molecule has 0 spiro atoms. The van der Waals surface area contributed by atoms with Gasteiger partial charge in [0, 0.05) is 38.0 Å². The predicted octanol–water partition coefficient (Wildman–Crippen LogP) is 0.786. The lowest BCUT2D eigenvalue weighted by atomic mass is 9.89. The molecule has 82 valence electrons. The molecule has 2 fully saturated rings. The Hall–Kier alpha value is -0.220. The summed E-state index contributed by atoms with van der Waals surface area (Å²) in [5.74, 6) is -0.195. The summed E-state index contributed by atoms with van der Waals surface area (Å²) in [6.45, 7) is 2.36. The van der Waals surface area contributed by atoms with Crippen molar-refractivity contribution in [3.8, 4) is 0 Å². The fraction of sp³-hybridized carbons (Fsp3) is 1.00. The molecule has 0 radical (unpaired) electrons. The van der Waals surface area contributed by atoms with Gasteiger partial charge in [-0.15, -0.1) is 0 Å². The Bertz CT molecular complexity index is 190. The Kier molecular flexibility index (Phi) is 2.75. The molecule has 2 nitrogen and oxygen atoms in total. The molecule has 4 atom stereocenters. The highest BCUT2D eigenvalue weighted by molar-refractivity contribution is 4.94.